The largest absolute Gasteiger partial charge is 0.341 e. The quantitative estimate of drug-likeness (QED) is 0.308. The van der Waals surface area contributed by atoms with E-state index in [4.69, 9.17) is 23.2 Å². The molecule has 0 saturated carbocycles. The van der Waals surface area contributed by atoms with E-state index in [1.165, 1.54) is 5.56 Å². The smallest absolute Gasteiger partial charge is 0.253 e. The molecule has 1 saturated heterocycles. The van der Waals surface area contributed by atoms with E-state index in [0.717, 1.165) is 61.3 Å². The highest BCUT2D eigenvalue weighted by molar-refractivity contribution is 6.42. The molecule has 0 N–H and O–H groups in total. The molecular formula is C33H37Cl2N3O2. The van der Waals surface area contributed by atoms with Crippen molar-refractivity contribution in [3.8, 4) is 0 Å². The van der Waals surface area contributed by atoms with Gasteiger partial charge in [-0.25, -0.2) is 0 Å². The first kappa shape index (κ1) is 28.7. The number of piperidine rings is 1. The fraction of sp³-hybridized carbons (Fsp3) is 0.394. The first-order valence-corrected chi connectivity index (χ1v) is 14.7. The van der Waals surface area contributed by atoms with Crippen molar-refractivity contribution in [3.63, 3.8) is 0 Å². The van der Waals surface area contributed by atoms with Crippen LogP contribution >= 0.6 is 23.2 Å². The van der Waals surface area contributed by atoms with Crippen molar-refractivity contribution in [1.82, 2.24) is 9.80 Å². The Bertz CT molecular complexity index is 1410. The molecule has 40 heavy (non-hydrogen) atoms. The molecular weight excluding hydrogens is 541 g/mol. The van der Waals surface area contributed by atoms with Crippen LogP contribution in [0, 0.1) is 13.8 Å². The lowest BCUT2D eigenvalue weighted by molar-refractivity contribution is -0.124. The summed E-state index contributed by atoms with van der Waals surface area (Å²) in [6.07, 6.45) is 2.49. The van der Waals surface area contributed by atoms with Crippen LogP contribution in [0.1, 0.15) is 57.8 Å². The maximum absolute atomic E-state index is 13.4. The number of aryl methyl sites for hydroxylation is 2. The molecule has 2 aliphatic heterocycles. The summed E-state index contributed by atoms with van der Waals surface area (Å²) in [7, 11) is 3.76. The van der Waals surface area contributed by atoms with Crippen molar-refractivity contribution in [2.24, 2.45) is 0 Å². The molecule has 5 rings (SSSR count). The number of hydrogen-bond donors (Lipinski definition) is 0. The normalized spacial score (nSPS) is 17.2. The molecule has 2 heterocycles. The molecule has 0 unspecified atom stereocenters. The number of carbonyl (C=O) groups is 2. The van der Waals surface area contributed by atoms with Crippen LogP contribution in [0.5, 0.6) is 0 Å². The third-order valence-corrected chi connectivity index (χ3v) is 9.46. The summed E-state index contributed by atoms with van der Waals surface area (Å²) in [6, 6.07) is 20.0. The van der Waals surface area contributed by atoms with Crippen molar-refractivity contribution in [1.29, 1.82) is 0 Å². The zero-order valence-electron chi connectivity index (χ0n) is 23.7. The molecule has 3 aromatic rings. The molecule has 0 bridgehead atoms. The van der Waals surface area contributed by atoms with Gasteiger partial charge < -0.3 is 14.7 Å². The fourth-order valence-electron chi connectivity index (χ4n) is 6.56. The van der Waals surface area contributed by atoms with Crippen molar-refractivity contribution < 1.29 is 9.59 Å². The Morgan fingerprint density at radius 3 is 2.33 bits per heavy atom. The number of anilines is 1. The number of benzene rings is 3. The Kier molecular flexibility index (Phi) is 8.28. The summed E-state index contributed by atoms with van der Waals surface area (Å²) in [4.78, 5) is 32.8. The molecule has 2 amide bonds. The van der Waals surface area contributed by atoms with Crippen LogP contribution in [0.3, 0.4) is 0 Å². The van der Waals surface area contributed by atoms with Gasteiger partial charge in [0, 0.05) is 37.8 Å². The molecule has 0 aliphatic carbocycles. The van der Waals surface area contributed by atoms with Gasteiger partial charge in [0.2, 0.25) is 5.91 Å². The van der Waals surface area contributed by atoms with E-state index in [1.807, 2.05) is 86.3 Å². The lowest BCUT2D eigenvalue weighted by atomic mass is 9.73. The summed E-state index contributed by atoms with van der Waals surface area (Å²) >= 11 is 12.6. The van der Waals surface area contributed by atoms with E-state index in [-0.39, 0.29) is 17.7 Å². The molecule has 2 aliphatic rings. The number of rotatable bonds is 7. The molecule has 7 heteroatoms. The van der Waals surface area contributed by atoms with Crippen LogP contribution in [-0.4, -0.2) is 61.9 Å². The van der Waals surface area contributed by atoms with Gasteiger partial charge in [-0.05, 0) is 94.2 Å². The Hall–Kier alpha value is -2.86. The maximum atomic E-state index is 13.4. The van der Waals surface area contributed by atoms with E-state index in [2.05, 4.69) is 17.0 Å². The first-order valence-electron chi connectivity index (χ1n) is 14.0. The summed E-state index contributed by atoms with van der Waals surface area (Å²) < 4.78 is 0. The van der Waals surface area contributed by atoms with Gasteiger partial charge in [-0.2, -0.15) is 0 Å². The van der Waals surface area contributed by atoms with Crippen molar-refractivity contribution >= 4 is 40.7 Å². The zero-order chi connectivity index (χ0) is 28.6. The lowest BCUT2D eigenvalue weighted by Crippen LogP contribution is -2.48. The molecule has 1 atom stereocenters. The number of nitrogens with zero attached hydrogens (tertiary/aromatic N) is 3. The van der Waals surface area contributed by atoms with Crippen LogP contribution in [0.25, 0.3) is 0 Å². The number of likely N-dealkylation sites (tertiary alicyclic amines) is 1. The average Bonchev–Trinajstić information content (AvgIpc) is 3.14. The zero-order valence-corrected chi connectivity index (χ0v) is 25.2. The third kappa shape index (κ3) is 5.52. The molecule has 0 radical (unpaired) electrons. The molecule has 1 spiro atoms. The number of halogens is 2. The molecule has 3 aromatic carbocycles. The molecule has 1 fully saturated rings. The van der Waals surface area contributed by atoms with E-state index in [9.17, 15) is 9.59 Å². The van der Waals surface area contributed by atoms with E-state index >= 15 is 0 Å². The molecule has 0 aromatic heterocycles. The third-order valence-electron chi connectivity index (χ3n) is 8.72. The number of hydrogen-bond acceptors (Lipinski definition) is 3. The van der Waals surface area contributed by atoms with E-state index in [1.54, 1.807) is 0 Å². The Labute approximate surface area is 247 Å². The van der Waals surface area contributed by atoms with Gasteiger partial charge in [0.1, 0.15) is 0 Å². The Morgan fingerprint density at radius 1 is 0.975 bits per heavy atom. The highest BCUT2D eigenvalue weighted by atomic mass is 35.5. The number of fused-ring (bicyclic) bond motifs is 2. The number of amides is 2. The van der Waals surface area contributed by atoms with Crippen LogP contribution in [0.2, 0.25) is 10.0 Å². The molecule has 5 nitrogen and oxygen atoms in total. The highest BCUT2D eigenvalue weighted by Crippen LogP contribution is 2.47. The summed E-state index contributed by atoms with van der Waals surface area (Å²) in [6.45, 7) is 7.19. The van der Waals surface area contributed by atoms with Crippen molar-refractivity contribution in [2.45, 2.75) is 44.4 Å². The average molecular weight is 579 g/mol. The lowest BCUT2D eigenvalue weighted by Gasteiger charge is -2.39. The van der Waals surface area contributed by atoms with E-state index in [0.29, 0.717) is 22.2 Å². The Balaban J connectivity index is 1.29. The molecule has 210 valence electrons. The monoisotopic (exact) mass is 577 g/mol. The van der Waals surface area contributed by atoms with Gasteiger partial charge >= 0.3 is 0 Å². The predicted octanol–water partition coefficient (Wildman–Crippen LogP) is 6.87. The fourth-order valence-corrected chi connectivity index (χ4v) is 6.86. The number of para-hydroxylation sites is 1. The number of likely N-dealkylation sites (N-methyl/N-ethyl adjacent to an activating group) is 2. The van der Waals surface area contributed by atoms with Crippen LogP contribution in [0.15, 0.2) is 60.7 Å². The SMILES string of the molecule is Cc1cc(C)cc(C(=O)N(C)C[C@@H](CCN2CCC3(CC2)C(=O)N(C)c2ccccc23)c2ccc(Cl)c(Cl)c2)c1. The van der Waals surface area contributed by atoms with Gasteiger partial charge in [0.15, 0.2) is 0 Å². The summed E-state index contributed by atoms with van der Waals surface area (Å²) in [5, 5.41) is 1.05. The predicted molar refractivity (Wildman–Crippen MR) is 164 cm³/mol. The van der Waals surface area contributed by atoms with Crippen LogP contribution in [-0.2, 0) is 10.2 Å². The first-order chi connectivity index (χ1) is 19.1. The summed E-state index contributed by atoms with van der Waals surface area (Å²) in [5.41, 5.74) is 5.74. The van der Waals surface area contributed by atoms with Gasteiger partial charge in [-0.3, -0.25) is 9.59 Å². The topological polar surface area (TPSA) is 43.9 Å². The van der Waals surface area contributed by atoms with Gasteiger partial charge in [-0.1, -0.05) is 64.7 Å². The minimum atomic E-state index is -0.413. The second-order valence-electron chi connectivity index (χ2n) is 11.5. The second kappa shape index (κ2) is 11.6. The van der Waals surface area contributed by atoms with Crippen molar-refractivity contribution in [3.05, 3.63) is 98.5 Å². The van der Waals surface area contributed by atoms with Crippen LogP contribution < -0.4 is 4.90 Å². The minimum absolute atomic E-state index is 0.0132. The summed E-state index contributed by atoms with van der Waals surface area (Å²) in [5.74, 6) is 0.318. The highest BCUT2D eigenvalue weighted by Gasteiger charge is 2.50. The Morgan fingerprint density at radius 2 is 1.65 bits per heavy atom. The second-order valence-corrected chi connectivity index (χ2v) is 12.3. The van der Waals surface area contributed by atoms with Crippen molar-refractivity contribution in [2.75, 3.05) is 45.2 Å². The van der Waals surface area contributed by atoms with Gasteiger partial charge in [0.05, 0.1) is 15.5 Å². The van der Waals surface area contributed by atoms with Crippen LogP contribution in [0.4, 0.5) is 5.69 Å². The van der Waals surface area contributed by atoms with Gasteiger partial charge in [0.25, 0.3) is 5.91 Å². The van der Waals surface area contributed by atoms with E-state index < -0.39 is 5.41 Å². The standard InChI is InChI=1S/C33H37Cl2N3O2/c1-22-17-23(2)19-26(18-22)31(39)36(3)21-25(24-9-10-28(34)29(35)20-24)11-14-38-15-12-33(13-16-38)27-7-5-6-8-30(27)37(4)32(33)40/h5-10,17-20,25H,11-16,21H2,1-4H3/t25-/m1/s1. The maximum Gasteiger partial charge on any atom is 0.253 e. The number of carbonyl (C=O) groups excluding carboxylic acids is 2. The minimum Gasteiger partial charge on any atom is -0.341 e. The van der Waals surface area contributed by atoms with Gasteiger partial charge in [-0.15, -0.1) is 0 Å².